The van der Waals surface area contributed by atoms with Gasteiger partial charge in [0, 0.05) is 41.0 Å². The molecule has 1 amide bonds. The van der Waals surface area contributed by atoms with Crippen LogP contribution in [-0.2, 0) is 11.0 Å². The van der Waals surface area contributed by atoms with Crippen LogP contribution >= 0.6 is 11.3 Å². The Bertz CT molecular complexity index is 1180. The maximum absolute atomic E-state index is 13.6. The topological polar surface area (TPSA) is 79.6 Å². The van der Waals surface area contributed by atoms with Crippen LogP contribution in [0.4, 0.5) is 5.69 Å². The largest absolute Gasteiger partial charge is 0.329 e. The minimum absolute atomic E-state index is 0.0174. The zero-order valence-electron chi connectivity index (χ0n) is 18.1. The van der Waals surface area contributed by atoms with Gasteiger partial charge in [0.15, 0.2) is 5.65 Å². The minimum Gasteiger partial charge on any atom is -0.329 e. The summed E-state index contributed by atoms with van der Waals surface area (Å²) in [5.74, 6) is 0.572. The van der Waals surface area contributed by atoms with Gasteiger partial charge in [-0.15, -0.1) is 11.3 Å². The number of hydrogen-bond acceptors (Lipinski definition) is 5. The molecule has 3 aromatic rings. The molecule has 2 fully saturated rings. The van der Waals surface area contributed by atoms with E-state index in [9.17, 15) is 9.00 Å². The smallest absolute Gasteiger partial charge is 0.266 e. The maximum Gasteiger partial charge on any atom is 0.266 e. The summed E-state index contributed by atoms with van der Waals surface area (Å²) in [6.07, 6.45) is 6.94. The zero-order valence-corrected chi connectivity index (χ0v) is 19.7. The molecule has 0 radical (unpaired) electrons. The molecule has 0 spiro atoms. The average Bonchev–Trinajstić information content (AvgIpc) is 3.39. The van der Waals surface area contributed by atoms with Gasteiger partial charge in [0.2, 0.25) is 0 Å². The second-order valence-electron chi connectivity index (χ2n) is 8.60. The molecule has 0 bridgehead atoms. The molecule has 2 aliphatic rings. The van der Waals surface area contributed by atoms with Gasteiger partial charge in [-0.25, -0.2) is 13.7 Å². The van der Waals surface area contributed by atoms with Crippen LogP contribution in [0.3, 0.4) is 0 Å². The molecule has 3 aromatic heterocycles. The van der Waals surface area contributed by atoms with Gasteiger partial charge in [0.05, 0.1) is 17.4 Å². The number of carbonyl (C=O) groups is 1. The standard InChI is InChI=1S/C22H27N5O2S2/c1-13-10-16(15-7-8-15)23-20-12-17(24-27(13)20)19-6-4-5-9-26(19)22(28)21-18(25-31(3)29)11-14(2)30-21/h10-12,15,19,25H,4-9H2,1-3H3. The third kappa shape index (κ3) is 4.01. The van der Waals surface area contributed by atoms with Crippen LogP contribution in [0.25, 0.3) is 5.65 Å². The minimum atomic E-state index is -1.23. The molecule has 1 aliphatic heterocycles. The number of aryl methyl sites for hydroxylation is 2. The number of thiophene rings is 1. The number of nitrogens with one attached hydrogen (secondary N) is 1. The van der Waals surface area contributed by atoms with Crippen molar-refractivity contribution < 1.29 is 9.00 Å². The van der Waals surface area contributed by atoms with Gasteiger partial charge in [0.25, 0.3) is 5.91 Å². The van der Waals surface area contributed by atoms with Gasteiger partial charge < -0.3 is 9.62 Å². The molecule has 1 N–H and O–H groups in total. The van der Waals surface area contributed by atoms with Gasteiger partial charge >= 0.3 is 0 Å². The molecule has 5 rings (SSSR count). The number of fused-ring (bicyclic) bond motifs is 1. The second-order valence-corrected chi connectivity index (χ2v) is 11.0. The van der Waals surface area contributed by atoms with Gasteiger partial charge in [0.1, 0.15) is 15.9 Å². The van der Waals surface area contributed by atoms with E-state index in [1.165, 1.54) is 24.2 Å². The normalized spacial score (nSPS) is 20.2. The lowest BCUT2D eigenvalue weighted by molar-refractivity contribution is 0.0612. The van der Waals surface area contributed by atoms with E-state index < -0.39 is 11.0 Å². The molecule has 1 saturated carbocycles. The van der Waals surface area contributed by atoms with Crippen LogP contribution in [-0.4, -0.2) is 42.4 Å². The van der Waals surface area contributed by atoms with Crippen LogP contribution < -0.4 is 4.72 Å². The third-order valence-electron chi connectivity index (χ3n) is 6.05. The fourth-order valence-electron chi connectivity index (χ4n) is 4.44. The van der Waals surface area contributed by atoms with E-state index in [-0.39, 0.29) is 11.9 Å². The van der Waals surface area contributed by atoms with Crippen LogP contribution in [0, 0.1) is 13.8 Å². The Morgan fingerprint density at radius 1 is 1.16 bits per heavy atom. The van der Waals surface area contributed by atoms with Gasteiger partial charge in [-0.3, -0.25) is 4.79 Å². The first-order chi connectivity index (χ1) is 14.9. The Morgan fingerprint density at radius 2 is 1.97 bits per heavy atom. The Kier molecular flexibility index (Phi) is 5.34. The lowest BCUT2D eigenvalue weighted by Gasteiger charge is -2.34. The fraction of sp³-hybridized carbons (Fsp3) is 0.500. The van der Waals surface area contributed by atoms with E-state index in [0.29, 0.717) is 23.0 Å². The van der Waals surface area contributed by atoms with Gasteiger partial charge in [-0.2, -0.15) is 5.10 Å². The number of piperidine rings is 1. The van der Waals surface area contributed by atoms with Crippen molar-refractivity contribution in [1.82, 2.24) is 19.5 Å². The number of aromatic nitrogens is 3. The monoisotopic (exact) mass is 457 g/mol. The molecular formula is C22H27N5O2S2. The molecule has 4 heterocycles. The first-order valence-corrected chi connectivity index (χ1v) is 13.2. The van der Waals surface area contributed by atoms with E-state index in [4.69, 9.17) is 10.1 Å². The summed E-state index contributed by atoms with van der Waals surface area (Å²) in [6, 6.07) is 6.02. The first kappa shape index (κ1) is 20.6. The number of nitrogens with zero attached hydrogens (tertiary/aromatic N) is 4. The zero-order chi connectivity index (χ0) is 21.7. The SMILES string of the molecule is Cc1cc(NS(C)=O)c(C(=O)N2CCCCC2c2cc3nc(C4CC4)cc(C)n3n2)s1. The van der Waals surface area contributed by atoms with E-state index in [1.54, 1.807) is 6.26 Å². The van der Waals surface area contributed by atoms with Crippen molar-refractivity contribution in [3.63, 3.8) is 0 Å². The summed E-state index contributed by atoms with van der Waals surface area (Å²) in [4.78, 5) is 22.0. The van der Waals surface area contributed by atoms with Crippen LogP contribution in [0.2, 0.25) is 0 Å². The Morgan fingerprint density at radius 3 is 2.71 bits per heavy atom. The highest BCUT2D eigenvalue weighted by molar-refractivity contribution is 7.85. The Hall–Kier alpha value is -2.26. The summed E-state index contributed by atoms with van der Waals surface area (Å²) in [7, 11) is -1.23. The number of hydrogen-bond donors (Lipinski definition) is 1. The van der Waals surface area contributed by atoms with Crippen LogP contribution in [0.15, 0.2) is 18.2 Å². The molecule has 7 nitrogen and oxygen atoms in total. The maximum atomic E-state index is 13.6. The summed E-state index contributed by atoms with van der Waals surface area (Å²) < 4.78 is 16.6. The highest BCUT2D eigenvalue weighted by Gasteiger charge is 2.33. The van der Waals surface area contributed by atoms with Crippen molar-refractivity contribution in [3.8, 4) is 0 Å². The summed E-state index contributed by atoms with van der Waals surface area (Å²) in [5.41, 5.74) is 4.66. The molecule has 1 saturated heterocycles. The highest BCUT2D eigenvalue weighted by Crippen LogP contribution is 2.40. The Balaban J connectivity index is 1.49. The van der Waals surface area contributed by atoms with Gasteiger partial charge in [-0.1, -0.05) is 0 Å². The number of amides is 1. The lowest BCUT2D eigenvalue weighted by Crippen LogP contribution is -2.38. The third-order valence-corrected chi connectivity index (χ3v) is 7.59. The number of rotatable bonds is 5. The number of likely N-dealkylation sites (tertiary alicyclic amines) is 1. The predicted molar refractivity (Wildman–Crippen MR) is 124 cm³/mol. The molecule has 2 atom stereocenters. The molecular weight excluding hydrogens is 430 g/mol. The lowest BCUT2D eigenvalue weighted by atomic mass is 9.99. The fourth-order valence-corrected chi connectivity index (χ4v) is 5.89. The molecule has 164 valence electrons. The van der Waals surface area contributed by atoms with Crippen LogP contribution in [0.1, 0.15) is 75.7 Å². The predicted octanol–water partition coefficient (Wildman–Crippen LogP) is 4.36. The number of carbonyl (C=O) groups excluding carboxylic acids is 1. The summed E-state index contributed by atoms with van der Waals surface area (Å²) in [5, 5.41) is 4.86. The number of anilines is 1. The molecule has 9 heteroatoms. The molecule has 1 aliphatic carbocycles. The van der Waals surface area contributed by atoms with E-state index >= 15 is 0 Å². The Labute approximate surface area is 188 Å². The van der Waals surface area contributed by atoms with Crippen molar-refractivity contribution in [2.75, 3.05) is 17.5 Å². The van der Waals surface area contributed by atoms with Gasteiger partial charge in [-0.05, 0) is 58.1 Å². The van der Waals surface area contributed by atoms with Crippen molar-refractivity contribution in [1.29, 1.82) is 0 Å². The van der Waals surface area contributed by atoms with Crippen molar-refractivity contribution in [2.45, 2.75) is 57.9 Å². The van der Waals surface area contributed by atoms with E-state index in [1.807, 2.05) is 22.4 Å². The van der Waals surface area contributed by atoms with Crippen molar-refractivity contribution in [3.05, 3.63) is 45.0 Å². The average molecular weight is 458 g/mol. The summed E-state index contributed by atoms with van der Waals surface area (Å²) in [6.45, 7) is 4.73. The van der Waals surface area contributed by atoms with Crippen LogP contribution in [0.5, 0.6) is 0 Å². The molecule has 2 unspecified atom stereocenters. The summed E-state index contributed by atoms with van der Waals surface area (Å²) >= 11 is 1.45. The molecule has 31 heavy (non-hydrogen) atoms. The quantitative estimate of drug-likeness (QED) is 0.617. The van der Waals surface area contributed by atoms with E-state index in [0.717, 1.165) is 46.9 Å². The van der Waals surface area contributed by atoms with Crippen molar-refractivity contribution in [2.24, 2.45) is 0 Å². The molecule has 0 aromatic carbocycles. The van der Waals surface area contributed by atoms with Crippen molar-refractivity contribution >= 4 is 39.6 Å². The first-order valence-electron chi connectivity index (χ1n) is 10.8. The highest BCUT2D eigenvalue weighted by atomic mass is 32.2. The van der Waals surface area contributed by atoms with E-state index in [2.05, 4.69) is 23.8 Å². The second kappa shape index (κ2) is 8.02.